The summed E-state index contributed by atoms with van der Waals surface area (Å²) in [5, 5.41) is 1.33. The molecule has 1 aliphatic heterocycles. The number of hydrogen-bond donors (Lipinski definition) is 0. The molecule has 1 unspecified atom stereocenters. The van der Waals surface area contributed by atoms with E-state index in [0.717, 1.165) is 10.0 Å². The van der Waals surface area contributed by atoms with Gasteiger partial charge >= 0.3 is 0 Å². The van der Waals surface area contributed by atoms with Gasteiger partial charge in [0.05, 0.1) is 12.0 Å². The van der Waals surface area contributed by atoms with Crippen LogP contribution in [0.3, 0.4) is 0 Å². The third-order valence-corrected chi connectivity index (χ3v) is 3.95. The van der Waals surface area contributed by atoms with Crippen molar-refractivity contribution in [1.29, 1.82) is 0 Å². The number of amides is 1. The van der Waals surface area contributed by atoms with Gasteiger partial charge < -0.3 is 4.74 Å². The number of halogens is 1. The highest BCUT2D eigenvalue weighted by Gasteiger charge is 2.50. The van der Waals surface area contributed by atoms with E-state index in [9.17, 15) is 4.79 Å². The molecule has 0 radical (unpaired) electrons. The number of terminal acetylenes is 1. The highest BCUT2D eigenvalue weighted by atomic mass is 79.9. The Bertz CT molecular complexity index is 550. The van der Waals surface area contributed by atoms with Gasteiger partial charge in [-0.05, 0) is 25.5 Å². The molecule has 106 valence electrons. The third-order valence-electron chi connectivity index (χ3n) is 3.18. The predicted molar refractivity (Wildman–Crippen MR) is 78.1 cm³/mol. The molecule has 0 spiro atoms. The molecular formula is C15H16BrNO3. The van der Waals surface area contributed by atoms with Crippen molar-refractivity contribution in [3.8, 4) is 12.3 Å². The van der Waals surface area contributed by atoms with Gasteiger partial charge in [-0.1, -0.05) is 40.0 Å². The van der Waals surface area contributed by atoms with E-state index < -0.39 is 11.7 Å². The average Bonchev–Trinajstić information content (AvgIpc) is 2.62. The highest BCUT2D eigenvalue weighted by Crippen LogP contribution is 2.36. The van der Waals surface area contributed by atoms with E-state index in [1.165, 1.54) is 5.06 Å². The topological polar surface area (TPSA) is 38.8 Å². The van der Waals surface area contributed by atoms with Gasteiger partial charge in [-0.2, -0.15) is 0 Å². The normalized spacial score (nSPS) is 21.0. The zero-order chi connectivity index (χ0) is 14.8. The van der Waals surface area contributed by atoms with Crippen LogP contribution in [0.1, 0.15) is 19.4 Å². The summed E-state index contributed by atoms with van der Waals surface area (Å²) < 4.78 is 6.34. The maximum Gasteiger partial charge on any atom is 0.257 e. The first-order valence-corrected chi connectivity index (χ1v) is 7.03. The van der Waals surface area contributed by atoms with Crippen molar-refractivity contribution in [2.24, 2.45) is 5.41 Å². The minimum atomic E-state index is -0.752. The van der Waals surface area contributed by atoms with Crippen LogP contribution in [0.5, 0.6) is 0 Å². The standard InChI is InChI=1S/C15H16BrNO3/c1-4-9-19-14-15(2,3)13(18)17(20-14)10-11-7-5-6-8-12(11)16/h1,5-8,14H,9-10H2,2-3H3. The quantitative estimate of drug-likeness (QED) is 0.793. The van der Waals surface area contributed by atoms with Crippen molar-refractivity contribution in [1.82, 2.24) is 5.06 Å². The first kappa shape index (κ1) is 15.0. The number of benzene rings is 1. The SMILES string of the molecule is C#CCOC1ON(Cc2ccccc2Br)C(=O)C1(C)C. The van der Waals surface area contributed by atoms with E-state index in [2.05, 4.69) is 21.9 Å². The number of hydrogen-bond acceptors (Lipinski definition) is 3. The van der Waals surface area contributed by atoms with Gasteiger partial charge in [0.2, 0.25) is 0 Å². The van der Waals surface area contributed by atoms with Crippen LogP contribution in [0.25, 0.3) is 0 Å². The second-order valence-electron chi connectivity index (χ2n) is 5.11. The second kappa shape index (κ2) is 5.96. The van der Waals surface area contributed by atoms with Crippen LogP contribution in [0.4, 0.5) is 0 Å². The van der Waals surface area contributed by atoms with Gasteiger partial charge in [-0.15, -0.1) is 6.42 Å². The lowest BCUT2D eigenvalue weighted by Gasteiger charge is -2.19. The summed E-state index contributed by atoms with van der Waals surface area (Å²) in [6.45, 7) is 4.05. The van der Waals surface area contributed by atoms with Crippen molar-refractivity contribution in [2.45, 2.75) is 26.7 Å². The number of ether oxygens (including phenoxy) is 1. The zero-order valence-corrected chi connectivity index (χ0v) is 13.0. The molecule has 1 saturated heterocycles. The summed E-state index contributed by atoms with van der Waals surface area (Å²) in [5.41, 5.74) is 0.215. The molecule has 0 saturated carbocycles. The lowest BCUT2D eigenvalue weighted by atomic mass is 9.92. The molecule has 0 bridgehead atoms. The summed E-state index contributed by atoms with van der Waals surface area (Å²) >= 11 is 3.46. The summed E-state index contributed by atoms with van der Waals surface area (Å²) in [5.74, 6) is 2.27. The van der Waals surface area contributed by atoms with Gasteiger partial charge in [-0.25, -0.2) is 9.90 Å². The van der Waals surface area contributed by atoms with Crippen LogP contribution in [0, 0.1) is 17.8 Å². The molecular weight excluding hydrogens is 322 g/mol. The summed E-state index contributed by atoms with van der Waals surface area (Å²) in [6, 6.07) is 7.69. The molecule has 0 aromatic heterocycles. The van der Waals surface area contributed by atoms with E-state index in [0.29, 0.717) is 6.54 Å². The maximum atomic E-state index is 12.4. The second-order valence-corrected chi connectivity index (χ2v) is 5.96. The lowest BCUT2D eigenvalue weighted by molar-refractivity contribution is -0.243. The van der Waals surface area contributed by atoms with Gasteiger partial charge in [0.25, 0.3) is 5.91 Å². The van der Waals surface area contributed by atoms with Crippen LogP contribution >= 0.6 is 15.9 Å². The molecule has 1 amide bonds. The number of carbonyl (C=O) groups excluding carboxylic acids is 1. The lowest BCUT2D eigenvalue weighted by Crippen LogP contribution is -2.34. The monoisotopic (exact) mass is 337 g/mol. The summed E-state index contributed by atoms with van der Waals surface area (Å²) in [7, 11) is 0. The van der Waals surface area contributed by atoms with E-state index >= 15 is 0 Å². The molecule has 1 atom stereocenters. The molecule has 1 aromatic rings. The van der Waals surface area contributed by atoms with Gasteiger partial charge in [0, 0.05) is 4.47 Å². The number of carbonyl (C=O) groups is 1. The van der Waals surface area contributed by atoms with E-state index in [-0.39, 0.29) is 12.5 Å². The van der Waals surface area contributed by atoms with Crippen LogP contribution in [0.15, 0.2) is 28.7 Å². The third kappa shape index (κ3) is 2.88. The first-order valence-electron chi connectivity index (χ1n) is 6.24. The van der Waals surface area contributed by atoms with Gasteiger partial charge in [0.15, 0.2) is 6.29 Å². The Morgan fingerprint density at radius 2 is 2.20 bits per heavy atom. The summed E-state index contributed by atoms with van der Waals surface area (Å²) in [6.07, 6.45) is 4.51. The fraction of sp³-hybridized carbons (Fsp3) is 0.400. The molecule has 1 aromatic carbocycles. The van der Waals surface area contributed by atoms with Crippen molar-refractivity contribution in [3.05, 3.63) is 34.3 Å². The van der Waals surface area contributed by atoms with E-state index in [1.807, 2.05) is 24.3 Å². The molecule has 1 heterocycles. The Hall–Kier alpha value is -1.35. The molecule has 1 fully saturated rings. The van der Waals surface area contributed by atoms with Crippen LogP contribution in [-0.2, 0) is 20.9 Å². The molecule has 4 nitrogen and oxygen atoms in total. The fourth-order valence-corrected chi connectivity index (χ4v) is 2.38. The average molecular weight is 338 g/mol. The van der Waals surface area contributed by atoms with Gasteiger partial charge in [-0.3, -0.25) is 4.79 Å². The van der Waals surface area contributed by atoms with Crippen molar-refractivity contribution in [3.63, 3.8) is 0 Å². The Morgan fingerprint density at radius 3 is 2.85 bits per heavy atom. The predicted octanol–water partition coefficient (Wildman–Crippen LogP) is 2.73. The summed E-state index contributed by atoms with van der Waals surface area (Å²) in [4.78, 5) is 18.0. The van der Waals surface area contributed by atoms with Crippen molar-refractivity contribution < 1.29 is 14.4 Å². The Kier molecular flexibility index (Phi) is 4.48. The minimum absolute atomic E-state index is 0.115. The van der Waals surface area contributed by atoms with Crippen LogP contribution in [0.2, 0.25) is 0 Å². The zero-order valence-electron chi connectivity index (χ0n) is 11.4. The first-order chi connectivity index (χ1) is 9.46. The Balaban J connectivity index is 2.13. The van der Waals surface area contributed by atoms with Gasteiger partial charge in [0.1, 0.15) is 6.61 Å². The molecule has 0 aliphatic carbocycles. The molecule has 5 heteroatoms. The Morgan fingerprint density at radius 1 is 1.50 bits per heavy atom. The number of rotatable bonds is 4. The highest BCUT2D eigenvalue weighted by molar-refractivity contribution is 9.10. The molecule has 1 aliphatic rings. The molecule has 2 rings (SSSR count). The number of hydroxylamine groups is 2. The molecule has 0 N–H and O–H groups in total. The minimum Gasteiger partial charge on any atom is -0.336 e. The van der Waals surface area contributed by atoms with E-state index in [4.69, 9.17) is 16.0 Å². The van der Waals surface area contributed by atoms with Crippen LogP contribution < -0.4 is 0 Å². The van der Waals surface area contributed by atoms with E-state index in [1.54, 1.807) is 13.8 Å². The van der Waals surface area contributed by atoms with Crippen molar-refractivity contribution >= 4 is 21.8 Å². The molecule has 20 heavy (non-hydrogen) atoms. The fourth-order valence-electron chi connectivity index (χ4n) is 1.97. The smallest absolute Gasteiger partial charge is 0.257 e. The van der Waals surface area contributed by atoms with Crippen molar-refractivity contribution in [2.75, 3.05) is 6.61 Å². The maximum absolute atomic E-state index is 12.4. The number of nitrogens with zero attached hydrogens (tertiary/aromatic N) is 1. The van der Waals surface area contributed by atoms with Crippen LogP contribution in [-0.4, -0.2) is 23.9 Å². The largest absolute Gasteiger partial charge is 0.336 e. The Labute approximate surface area is 127 Å².